The maximum Gasteiger partial charge on any atom is 0.419 e. The van der Waals surface area contributed by atoms with Crippen molar-refractivity contribution in [2.75, 3.05) is 0 Å². The van der Waals surface area contributed by atoms with Gasteiger partial charge in [0.05, 0.1) is 11.8 Å². The lowest BCUT2D eigenvalue weighted by Crippen LogP contribution is -2.19. The van der Waals surface area contributed by atoms with E-state index in [0.717, 1.165) is 10.9 Å². The Bertz CT molecular complexity index is 389. The number of carbonyl (C=O) groups is 1. The fourth-order valence-corrected chi connectivity index (χ4v) is 1.20. The molecule has 96 valence electrons. The second kappa shape index (κ2) is 5.17. The SMILES string of the molecule is O=C(O)[C@H](O)CCCn1cc(C(F)(F)F)cn1. The highest BCUT2D eigenvalue weighted by atomic mass is 19.4. The summed E-state index contributed by atoms with van der Waals surface area (Å²) in [5.41, 5.74) is -0.851. The van der Waals surface area contributed by atoms with Crippen LogP contribution in [0.5, 0.6) is 0 Å². The molecule has 0 spiro atoms. The highest BCUT2D eigenvalue weighted by Gasteiger charge is 2.32. The van der Waals surface area contributed by atoms with E-state index in [-0.39, 0.29) is 19.4 Å². The van der Waals surface area contributed by atoms with E-state index in [4.69, 9.17) is 10.2 Å². The van der Waals surface area contributed by atoms with Gasteiger partial charge in [0.15, 0.2) is 6.10 Å². The standard InChI is InChI=1S/C9H11F3N2O3/c10-9(11,12)6-4-13-14(5-6)3-1-2-7(15)8(16)17/h4-5,7,15H,1-3H2,(H,16,17)/t7-/m1/s1. The van der Waals surface area contributed by atoms with Gasteiger partial charge in [0, 0.05) is 12.7 Å². The second-order valence-corrected chi connectivity index (χ2v) is 3.49. The molecule has 0 saturated heterocycles. The van der Waals surface area contributed by atoms with E-state index < -0.39 is 23.8 Å². The van der Waals surface area contributed by atoms with E-state index >= 15 is 0 Å². The van der Waals surface area contributed by atoms with Crippen molar-refractivity contribution in [3.63, 3.8) is 0 Å². The molecule has 0 amide bonds. The van der Waals surface area contributed by atoms with E-state index in [9.17, 15) is 18.0 Å². The summed E-state index contributed by atoms with van der Waals surface area (Å²) < 4.78 is 37.6. The molecule has 0 aromatic carbocycles. The Morgan fingerprint density at radius 3 is 2.65 bits per heavy atom. The molecule has 1 rings (SSSR count). The number of aliphatic hydroxyl groups excluding tert-OH is 1. The molecular weight excluding hydrogens is 241 g/mol. The molecule has 1 heterocycles. The van der Waals surface area contributed by atoms with Gasteiger partial charge in [-0.1, -0.05) is 0 Å². The number of aryl methyl sites for hydroxylation is 1. The Kier molecular flexibility index (Phi) is 4.11. The first-order chi connectivity index (χ1) is 7.80. The lowest BCUT2D eigenvalue weighted by atomic mass is 10.2. The van der Waals surface area contributed by atoms with Gasteiger partial charge in [0.1, 0.15) is 0 Å². The maximum atomic E-state index is 12.2. The van der Waals surface area contributed by atoms with Crippen LogP contribution >= 0.6 is 0 Å². The van der Waals surface area contributed by atoms with E-state index in [1.165, 1.54) is 0 Å². The number of hydrogen-bond donors (Lipinski definition) is 2. The molecule has 0 fully saturated rings. The zero-order valence-electron chi connectivity index (χ0n) is 8.68. The number of alkyl halides is 3. The van der Waals surface area contributed by atoms with Crippen molar-refractivity contribution in [3.8, 4) is 0 Å². The number of carboxylic acid groups (broad SMARTS) is 1. The average Bonchev–Trinajstić information content (AvgIpc) is 2.65. The number of halogens is 3. The lowest BCUT2D eigenvalue weighted by Gasteiger charge is -2.05. The Hall–Kier alpha value is -1.57. The molecule has 17 heavy (non-hydrogen) atoms. The largest absolute Gasteiger partial charge is 0.479 e. The van der Waals surface area contributed by atoms with E-state index in [0.29, 0.717) is 6.20 Å². The van der Waals surface area contributed by atoms with Crippen LogP contribution < -0.4 is 0 Å². The van der Waals surface area contributed by atoms with Gasteiger partial charge in [-0.15, -0.1) is 0 Å². The highest BCUT2D eigenvalue weighted by molar-refractivity contribution is 5.71. The molecule has 0 aliphatic heterocycles. The highest BCUT2D eigenvalue weighted by Crippen LogP contribution is 2.28. The van der Waals surface area contributed by atoms with Gasteiger partial charge in [-0.05, 0) is 12.8 Å². The summed E-state index contributed by atoms with van der Waals surface area (Å²) in [7, 11) is 0. The second-order valence-electron chi connectivity index (χ2n) is 3.49. The normalized spacial score (nSPS) is 13.6. The summed E-state index contributed by atoms with van der Waals surface area (Å²) in [4.78, 5) is 10.3. The molecule has 0 unspecified atom stereocenters. The predicted molar refractivity (Wildman–Crippen MR) is 50.1 cm³/mol. The third-order valence-corrected chi connectivity index (χ3v) is 2.11. The third-order valence-electron chi connectivity index (χ3n) is 2.11. The van der Waals surface area contributed by atoms with Gasteiger partial charge in [-0.3, -0.25) is 4.68 Å². The van der Waals surface area contributed by atoms with Gasteiger partial charge in [0.2, 0.25) is 0 Å². The van der Waals surface area contributed by atoms with Crippen LogP contribution in [0.1, 0.15) is 18.4 Å². The Labute approximate surface area is 94.5 Å². The summed E-state index contributed by atoms with van der Waals surface area (Å²) in [6, 6.07) is 0. The number of hydrogen-bond acceptors (Lipinski definition) is 3. The molecule has 0 aliphatic rings. The van der Waals surface area contributed by atoms with Gasteiger partial charge < -0.3 is 10.2 Å². The first-order valence-corrected chi connectivity index (χ1v) is 4.81. The van der Waals surface area contributed by atoms with Gasteiger partial charge in [-0.2, -0.15) is 18.3 Å². The van der Waals surface area contributed by atoms with Crippen LogP contribution in [0, 0.1) is 0 Å². The molecule has 1 aromatic heterocycles. The number of aromatic nitrogens is 2. The minimum absolute atomic E-state index is 0.0312. The van der Waals surface area contributed by atoms with Crippen LogP contribution in [-0.4, -0.2) is 32.1 Å². The van der Waals surface area contributed by atoms with E-state index in [1.54, 1.807) is 0 Å². The smallest absolute Gasteiger partial charge is 0.419 e. The predicted octanol–water partition coefficient (Wildman–Crippen LogP) is 1.13. The van der Waals surface area contributed by atoms with Crippen LogP contribution in [0.3, 0.4) is 0 Å². The Morgan fingerprint density at radius 1 is 1.53 bits per heavy atom. The maximum absolute atomic E-state index is 12.2. The molecule has 5 nitrogen and oxygen atoms in total. The van der Waals surface area contributed by atoms with Gasteiger partial charge in [0.25, 0.3) is 0 Å². The van der Waals surface area contributed by atoms with Crippen molar-refractivity contribution < 1.29 is 28.2 Å². The Morgan fingerprint density at radius 2 is 2.18 bits per heavy atom. The van der Waals surface area contributed by atoms with Gasteiger partial charge in [-0.25, -0.2) is 4.79 Å². The fourth-order valence-electron chi connectivity index (χ4n) is 1.20. The summed E-state index contributed by atoms with van der Waals surface area (Å²) in [5, 5.41) is 20.8. The lowest BCUT2D eigenvalue weighted by molar-refractivity contribution is -0.147. The Balaban J connectivity index is 2.43. The number of aliphatic hydroxyl groups is 1. The number of aliphatic carboxylic acids is 1. The molecule has 2 N–H and O–H groups in total. The fraction of sp³-hybridized carbons (Fsp3) is 0.556. The number of rotatable bonds is 5. The van der Waals surface area contributed by atoms with Crippen molar-refractivity contribution in [2.24, 2.45) is 0 Å². The van der Waals surface area contributed by atoms with Crippen molar-refractivity contribution in [2.45, 2.75) is 31.7 Å². The van der Waals surface area contributed by atoms with Crippen LogP contribution in [-0.2, 0) is 17.5 Å². The van der Waals surface area contributed by atoms with Crippen LogP contribution in [0.4, 0.5) is 13.2 Å². The first kappa shape index (κ1) is 13.5. The minimum atomic E-state index is -4.43. The van der Waals surface area contributed by atoms with Crippen LogP contribution in [0.2, 0.25) is 0 Å². The first-order valence-electron chi connectivity index (χ1n) is 4.81. The average molecular weight is 252 g/mol. The summed E-state index contributed by atoms with van der Waals surface area (Å²) >= 11 is 0. The monoisotopic (exact) mass is 252 g/mol. The molecular formula is C9H11F3N2O3. The molecule has 1 atom stereocenters. The molecule has 1 aromatic rings. The van der Waals surface area contributed by atoms with E-state index in [1.807, 2.05) is 0 Å². The number of carboxylic acids is 1. The zero-order valence-corrected chi connectivity index (χ0v) is 8.68. The number of nitrogens with zero attached hydrogens (tertiary/aromatic N) is 2. The van der Waals surface area contributed by atoms with Crippen molar-refractivity contribution >= 4 is 5.97 Å². The molecule has 0 saturated carbocycles. The minimum Gasteiger partial charge on any atom is -0.479 e. The summed E-state index contributed by atoms with van der Waals surface area (Å²) in [6.07, 6.45) is -4.18. The molecule has 0 aliphatic carbocycles. The molecule has 8 heteroatoms. The summed E-state index contributed by atoms with van der Waals surface area (Å²) in [5.74, 6) is -1.35. The van der Waals surface area contributed by atoms with Crippen LogP contribution in [0.25, 0.3) is 0 Å². The van der Waals surface area contributed by atoms with Crippen molar-refractivity contribution in [1.29, 1.82) is 0 Å². The summed E-state index contributed by atoms with van der Waals surface area (Å²) in [6.45, 7) is 0.125. The molecule has 0 radical (unpaired) electrons. The quantitative estimate of drug-likeness (QED) is 0.823. The third kappa shape index (κ3) is 4.06. The van der Waals surface area contributed by atoms with Crippen molar-refractivity contribution in [3.05, 3.63) is 18.0 Å². The van der Waals surface area contributed by atoms with Gasteiger partial charge >= 0.3 is 12.1 Å². The van der Waals surface area contributed by atoms with E-state index in [2.05, 4.69) is 5.10 Å². The van der Waals surface area contributed by atoms with Crippen molar-refractivity contribution in [1.82, 2.24) is 9.78 Å². The zero-order chi connectivity index (χ0) is 13.1. The topological polar surface area (TPSA) is 75.3 Å². The van der Waals surface area contributed by atoms with Crippen LogP contribution in [0.15, 0.2) is 12.4 Å². The molecule has 0 bridgehead atoms.